The van der Waals surface area contributed by atoms with Gasteiger partial charge >= 0.3 is 0 Å². The summed E-state index contributed by atoms with van der Waals surface area (Å²) in [5, 5.41) is 6.21. The molecule has 96 valence electrons. The molecule has 0 aliphatic rings. The first-order chi connectivity index (χ1) is 8.55. The Kier molecular flexibility index (Phi) is 3.58. The first kappa shape index (κ1) is 12.5. The van der Waals surface area contributed by atoms with Gasteiger partial charge < -0.3 is 5.73 Å². The van der Waals surface area contributed by atoms with Gasteiger partial charge in [-0.15, -0.1) is 0 Å². The maximum Gasteiger partial charge on any atom is 0.216 e. The zero-order valence-corrected chi connectivity index (χ0v) is 10.3. The van der Waals surface area contributed by atoms with Crippen molar-refractivity contribution in [2.75, 3.05) is 5.73 Å². The zero-order chi connectivity index (χ0) is 13.0. The normalized spacial score (nSPS) is 11.6. The second-order valence-corrected chi connectivity index (χ2v) is 5.56. The number of aromatic nitrogens is 3. The SMILES string of the molecule is Nc1cccc(CS(=O)(=O)NCc2ncn[nH]2)c1. The van der Waals surface area contributed by atoms with Crippen LogP contribution in [0.4, 0.5) is 5.69 Å². The van der Waals surface area contributed by atoms with Gasteiger partial charge in [-0.3, -0.25) is 5.10 Å². The number of nitrogens with zero attached hydrogens (tertiary/aromatic N) is 2. The highest BCUT2D eigenvalue weighted by molar-refractivity contribution is 7.88. The second kappa shape index (κ2) is 5.15. The lowest BCUT2D eigenvalue weighted by Gasteiger charge is -2.05. The number of rotatable bonds is 5. The number of hydrogen-bond acceptors (Lipinski definition) is 5. The Balaban J connectivity index is 1.99. The van der Waals surface area contributed by atoms with Gasteiger partial charge in [0, 0.05) is 5.69 Å². The number of sulfonamides is 1. The summed E-state index contributed by atoms with van der Waals surface area (Å²) in [7, 11) is -3.42. The standard InChI is InChI=1S/C10H13N5O2S/c11-9-3-1-2-8(4-9)6-18(16,17)14-5-10-12-7-13-15-10/h1-4,7,14H,5-6,11H2,(H,12,13,15). The lowest BCUT2D eigenvalue weighted by molar-refractivity contribution is 0.578. The average Bonchev–Trinajstić information content (AvgIpc) is 2.78. The van der Waals surface area contributed by atoms with Crippen LogP contribution in [0.1, 0.15) is 11.4 Å². The predicted molar refractivity (Wildman–Crippen MR) is 66.7 cm³/mol. The fraction of sp³-hybridized carbons (Fsp3) is 0.200. The number of benzene rings is 1. The van der Waals surface area contributed by atoms with Gasteiger partial charge in [0.1, 0.15) is 12.2 Å². The predicted octanol–water partition coefficient (Wildman–Crippen LogP) is 0.00650. The topological polar surface area (TPSA) is 114 Å². The summed E-state index contributed by atoms with van der Waals surface area (Å²) < 4.78 is 26.0. The molecule has 0 saturated heterocycles. The number of aromatic amines is 1. The summed E-state index contributed by atoms with van der Waals surface area (Å²) in [5.41, 5.74) is 6.77. The van der Waals surface area contributed by atoms with Crippen LogP contribution in [0.3, 0.4) is 0 Å². The van der Waals surface area contributed by atoms with E-state index >= 15 is 0 Å². The van der Waals surface area contributed by atoms with Gasteiger partial charge in [0.15, 0.2) is 0 Å². The summed E-state index contributed by atoms with van der Waals surface area (Å²) in [6.07, 6.45) is 1.32. The van der Waals surface area contributed by atoms with Crippen LogP contribution in [0.2, 0.25) is 0 Å². The van der Waals surface area contributed by atoms with E-state index in [0.717, 1.165) is 0 Å². The van der Waals surface area contributed by atoms with Gasteiger partial charge in [0.2, 0.25) is 10.0 Å². The van der Waals surface area contributed by atoms with Gasteiger partial charge in [-0.05, 0) is 17.7 Å². The molecule has 0 radical (unpaired) electrons. The molecule has 2 rings (SSSR count). The molecular formula is C10H13N5O2S. The van der Waals surface area contributed by atoms with Gasteiger partial charge in [-0.25, -0.2) is 18.1 Å². The van der Waals surface area contributed by atoms with E-state index in [2.05, 4.69) is 19.9 Å². The van der Waals surface area contributed by atoms with Crippen LogP contribution in [-0.4, -0.2) is 23.6 Å². The van der Waals surface area contributed by atoms with Crippen molar-refractivity contribution in [3.8, 4) is 0 Å². The summed E-state index contributed by atoms with van der Waals surface area (Å²) in [6.45, 7) is 0.0879. The molecule has 7 nitrogen and oxygen atoms in total. The smallest absolute Gasteiger partial charge is 0.216 e. The molecule has 0 amide bonds. The van der Waals surface area contributed by atoms with E-state index in [4.69, 9.17) is 5.73 Å². The Morgan fingerprint density at radius 2 is 2.22 bits per heavy atom. The maximum atomic E-state index is 11.8. The lowest BCUT2D eigenvalue weighted by atomic mass is 10.2. The van der Waals surface area contributed by atoms with Crippen molar-refractivity contribution >= 4 is 15.7 Å². The Bertz CT molecular complexity index is 609. The molecule has 8 heteroatoms. The van der Waals surface area contributed by atoms with Crippen LogP contribution < -0.4 is 10.5 Å². The second-order valence-electron chi connectivity index (χ2n) is 3.76. The molecule has 0 fully saturated rings. The van der Waals surface area contributed by atoms with Crippen LogP contribution in [0, 0.1) is 0 Å². The Morgan fingerprint density at radius 3 is 2.89 bits per heavy atom. The Labute approximate surface area is 104 Å². The van der Waals surface area contributed by atoms with E-state index in [9.17, 15) is 8.42 Å². The van der Waals surface area contributed by atoms with E-state index in [1.165, 1.54) is 6.33 Å². The highest BCUT2D eigenvalue weighted by Gasteiger charge is 2.12. The average molecular weight is 267 g/mol. The fourth-order valence-corrected chi connectivity index (χ4v) is 2.52. The molecule has 0 aliphatic carbocycles. The van der Waals surface area contributed by atoms with E-state index in [-0.39, 0.29) is 12.3 Å². The number of H-pyrrole nitrogens is 1. The molecule has 0 spiro atoms. The zero-order valence-electron chi connectivity index (χ0n) is 9.50. The number of anilines is 1. The number of nitrogens with one attached hydrogen (secondary N) is 2. The molecule has 2 aromatic rings. The fourth-order valence-electron chi connectivity index (χ4n) is 1.45. The van der Waals surface area contributed by atoms with Crippen molar-refractivity contribution in [3.63, 3.8) is 0 Å². The van der Waals surface area contributed by atoms with E-state index in [1.807, 2.05) is 0 Å². The van der Waals surface area contributed by atoms with Crippen LogP contribution >= 0.6 is 0 Å². The van der Waals surface area contributed by atoms with E-state index in [0.29, 0.717) is 17.1 Å². The third-order valence-electron chi connectivity index (χ3n) is 2.23. The van der Waals surface area contributed by atoms with Gasteiger partial charge in [0.05, 0.1) is 12.3 Å². The molecule has 4 N–H and O–H groups in total. The summed E-state index contributed by atoms with van der Waals surface area (Å²) in [6, 6.07) is 6.77. The van der Waals surface area contributed by atoms with Crippen molar-refractivity contribution in [3.05, 3.63) is 42.0 Å². The van der Waals surface area contributed by atoms with Crippen molar-refractivity contribution < 1.29 is 8.42 Å². The quantitative estimate of drug-likeness (QED) is 0.660. The minimum absolute atomic E-state index is 0.0879. The number of nitrogens with two attached hydrogens (primary N) is 1. The molecule has 1 heterocycles. The molecule has 0 saturated carbocycles. The molecule has 0 aliphatic heterocycles. The molecular weight excluding hydrogens is 254 g/mol. The molecule has 0 atom stereocenters. The third-order valence-corrected chi connectivity index (χ3v) is 3.53. The number of nitrogen functional groups attached to an aromatic ring is 1. The Hall–Kier alpha value is -1.93. The summed E-state index contributed by atoms with van der Waals surface area (Å²) >= 11 is 0. The lowest BCUT2D eigenvalue weighted by Crippen LogP contribution is -2.25. The molecule has 0 unspecified atom stereocenters. The third kappa shape index (κ3) is 3.54. The van der Waals surface area contributed by atoms with Gasteiger partial charge in [-0.2, -0.15) is 5.10 Å². The van der Waals surface area contributed by atoms with Gasteiger partial charge in [-0.1, -0.05) is 12.1 Å². The van der Waals surface area contributed by atoms with E-state index in [1.54, 1.807) is 24.3 Å². The Morgan fingerprint density at radius 1 is 1.39 bits per heavy atom. The highest BCUT2D eigenvalue weighted by atomic mass is 32.2. The van der Waals surface area contributed by atoms with Crippen LogP contribution in [0.25, 0.3) is 0 Å². The van der Waals surface area contributed by atoms with Gasteiger partial charge in [0.25, 0.3) is 0 Å². The van der Waals surface area contributed by atoms with Crippen molar-refractivity contribution in [1.82, 2.24) is 19.9 Å². The van der Waals surface area contributed by atoms with Crippen molar-refractivity contribution in [2.24, 2.45) is 0 Å². The van der Waals surface area contributed by atoms with Crippen LogP contribution in [0.5, 0.6) is 0 Å². The number of hydrogen-bond donors (Lipinski definition) is 3. The van der Waals surface area contributed by atoms with Crippen LogP contribution in [0.15, 0.2) is 30.6 Å². The highest BCUT2D eigenvalue weighted by Crippen LogP contribution is 2.09. The summed E-state index contributed by atoms with van der Waals surface area (Å²) in [5.74, 6) is 0.345. The van der Waals surface area contributed by atoms with Crippen LogP contribution in [-0.2, 0) is 22.3 Å². The molecule has 18 heavy (non-hydrogen) atoms. The van der Waals surface area contributed by atoms with Crippen molar-refractivity contribution in [1.29, 1.82) is 0 Å². The van der Waals surface area contributed by atoms with E-state index < -0.39 is 10.0 Å². The monoisotopic (exact) mass is 267 g/mol. The minimum atomic E-state index is -3.42. The maximum absolute atomic E-state index is 11.8. The summed E-state index contributed by atoms with van der Waals surface area (Å²) in [4.78, 5) is 3.83. The largest absolute Gasteiger partial charge is 0.399 e. The first-order valence-corrected chi connectivity index (χ1v) is 6.86. The first-order valence-electron chi connectivity index (χ1n) is 5.21. The minimum Gasteiger partial charge on any atom is -0.399 e. The molecule has 1 aromatic heterocycles. The molecule has 0 bridgehead atoms. The molecule has 1 aromatic carbocycles. The van der Waals surface area contributed by atoms with Crippen molar-refractivity contribution in [2.45, 2.75) is 12.3 Å².